The molecule has 0 amide bonds. The van der Waals surface area contributed by atoms with Crippen molar-refractivity contribution in [2.45, 2.75) is 38.3 Å². The van der Waals surface area contributed by atoms with E-state index in [1.54, 1.807) is 42.5 Å². The molecule has 2 heterocycles. The number of nitrogens with zero attached hydrogens (tertiary/aromatic N) is 1. The predicted molar refractivity (Wildman–Crippen MR) is 144 cm³/mol. The fourth-order valence-corrected chi connectivity index (χ4v) is 5.66. The fraction of sp³-hybridized carbons (Fsp3) is 0.226. The van der Waals surface area contributed by atoms with Gasteiger partial charge in [-0.05, 0) is 49.6 Å². The van der Waals surface area contributed by atoms with Crippen molar-refractivity contribution in [3.8, 4) is 11.5 Å². The molecule has 9 heteroatoms. The molecule has 3 aromatic rings. The molecule has 0 radical (unpaired) electrons. The molecule has 0 saturated carbocycles. The number of para-hydroxylation sites is 1. The van der Waals surface area contributed by atoms with E-state index in [9.17, 15) is 28.5 Å². The van der Waals surface area contributed by atoms with Gasteiger partial charge < -0.3 is 14.6 Å². The summed E-state index contributed by atoms with van der Waals surface area (Å²) in [6.07, 6.45) is -3.75. The van der Waals surface area contributed by atoms with Crippen LogP contribution in [0.4, 0.5) is 18.9 Å². The highest BCUT2D eigenvalue weighted by molar-refractivity contribution is 6.20. The van der Waals surface area contributed by atoms with E-state index in [4.69, 9.17) is 9.47 Å². The first-order valence-corrected chi connectivity index (χ1v) is 12.9. The molecule has 0 saturated heterocycles. The Kier molecular flexibility index (Phi) is 6.17. The van der Waals surface area contributed by atoms with Crippen LogP contribution in [0.15, 0.2) is 83.6 Å². The summed E-state index contributed by atoms with van der Waals surface area (Å²) in [5.41, 5.74) is 1.34. The van der Waals surface area contributed by atoms with Gasteiger partial charge in [0, 0.05) is 34.7 Å². The molecule has 0 unspecified atom stereocenters. The second kappa shape index (κ2) is 9.59. The van der Waals surface area contributed by atoms with Crippen LogP contribution in [0, 0.1) is 12.3 Å². The van der Waals surface area contributed by atoms with Gasteiger partial charge in [-0.2, -0.15) is 13.2 Å². The lowest BCUT2D eigenvalue weighted by Crippen LogP contribution is -2.43. The number of Topliss-reactive ketones (excluding diaryl/α,β-unsaturated/α-hetero) is 1. The Hall–Kier alpha value is -4.53. The number of aryl methyl sites for hydroxylation is 1. The van der Waals surface area contributed by atoms with Gasteiger partial charge in [-0.25, -0.2) is 0 Å². The number of ketones is 1. The molecule has 0 bridgehead atoms. The van der Waals surface area contributed by atoms with Crippen molar-refractivity contribution in [3.05, 3.63) is 106 Å². The molecular formula is C31H25F3N2O4. The first-order valence-electron chi connectivity index (χ1n) is 12.9. The van der Waals surface area contributed by atoms with Crippen molar-refractivity contribution >= 4 is 23.1 Å². The summed E-state index contributed by atoms with van der Waals surface area (Å²) in [5.74, 6) is -0.778. The average Bonchev–Trinajstić information content (AvgIpc) is 3.40. The minimum Gasteiger partial charge on any atom is -0.507 e. The van der Waals surface area contributed by atoms with Crippen molar-refractivity contribution in [3.63, 3.8) is 0 Å². The van der Waals surface area contributed by atoms with E-state index in [-0.39, 0.29) is 47.4 Å². The largest absolute Gasteiger partial charge is 0.507 e. The molecule has 0 aromatic heterocycles. The van der Waals surface area contributed by atoms with E-state index >= 15 is 0 Å². The van der Waals surface area contributed by atoms with Crippen molar-refractivity contribution in [1.29, 1.82) is 5.41 Å². The van der Waals surface area contributed by atoms with E-state index in [2.05, 4.69) is 0 Å². The minimum atomic E-state index is -4.70. The van der Waals surface area contributed by atoms with Gasteiger partial charge in [0.25, 0.3) is 0 Å². The van der Waals surface area contributed by atoms with Gasteiger partial charge in [0.2, 0.25) is 6.79 Å². The number of rotatable bonds is 3. The number of halogens is 3. The summed E-state index contributed by atoms with van der Waals surface area (Å²) >= 11 is 0. The third-order valence-corrected chi connectivity index (χ3v) is 7.52. The molecule has 6 nitrogen and oxygen atoms in total. The number of alkyl halides is 3. The average molecular weight is 547 g/mol. The molecule has 40 heavy (non-hydrogen) atoms. The van der Waals surface area contributed by atoms with Crippen LogP contribution >= 0.6 is 0 Å². The number of aliphatic hydroxyl groups excluding tert-OH is 1. The van der Waals surface area contributed by atoms with Gasteiger partial charge in [-0.15, -0.1) is 0 Å². The fourth-order valence-electron chi connectivity index (χ4n) is 5.66. The second-order valence-corrected chi connectivity index (χ2v) is 10.0. The molecule has 3 aliphatic rings. The maximum atomic E-state index is 14.2. The summed E-state index contributed by atoms with van der Waals surface area (Å²) < 4.78 is 53.6. The summed E-state index contributed by atoms with van der Waals surface area (Å²) in [7, 11) is 0. The van der Waals surface area contributed by atoms with Crippen LogP contribution in [0.25, 0.3) is 5.76 Å². The van der Waals surface area contributed by atoms with Gasteiger partial charge in [0.15, 0.2) is 17.3 Å². The first-order chi connectivity index (χ1) is 19.1. The van der Waals surface area contributed by atoms with Crippen LogP contribution in [0.5, 0.6) is 11.5 Å². The van der Waals surface area contributed by atoms with Gasteiger partial charge in [0.05, 0.1) is 11.3 Å². The van der Waals surface area contributed by atoms with Gasteiger partial charge in [0.1, 0.15) is 11.6 Å². The molecule has 6 rings (SSSR count). The van der Waals surface area contributed by atoms with Crippen LogP contribution in [0.3, 0.4) is 0 Å². The molecule has 0 fully saturated rings. The summed E-state index contributed by atoms with van der Waals surface area (Å²) in [6, 6.07) is 17.1. The standard InChI is InChI=1S/C31H25F3N2O4/c1-17-9-11-18(12-10-17)29(38)28-26(19-13-14-24-25(15-19)40-16-39-24)27-22(7-4-8-23(27)37)36(30(28)35)21-6-3-2-5-20(21)31(32,33)34/h2-3,5-6,9-15,26,35,38H,4,7-8,16H2,1H3/t26-/m0/s1. The Bertz CT molecular complexity index is 1610. The van der Waals surface area contributed by atoms with Crippen LogP contribution in [-0.2, 0) is 11.0 Å². The van der Waals surface area contributed by atoms with E-state index in [1.165, 1.54) is 23.1 Å². The quantitative estimate of drug-likeness (QED) is 0.337. The van der Waals surface area contributed by atoms with Gasteiger partial charge in [-0.3, -0.25) is 15.1 Å². The number of fused-ring (bicyclic) bond motifs is 1. The SMILES string of the molecule is Cc1ccc(C(O)=C2C(=N)N(c3ccccc3C(F)(F)F)C3=C(C(=O)CCC3)[C@@H]2c2ccc3c(c2)OCO3)cc1. The number of carbonyl (C=O) groups excluding carboxylic acids is 1. The second-order valence-electron chi connectivity index (χ2n) is 10.0. The van der Waals surface area contributed by atoms with Crippen LogP contribution in [0.2, 0.25) is 0 Å². The number of aliphatic hydroxyl groups is 1. The zero-order chi connectivity index (χ0) is 28.2. The molecule has 204 valence electrons. The topological polar surface area (TPSA) is 82.9 Å². The predicted octanol–water partition coefficient (Wildman–Crippen LogP) is 7.30. The van der Waals surface area contributed by atoms with Gasteiger partial charge >= 0.3 is 6.18 Å². The lowest BCUT2D eigenvalue weighted by atomic mass is 9.73. The lowest BCUT2D eigenvalue weighted by Gasteiger charge is -2.42. The Labute approximate surface area is 228 Å². The Morgan fingerprint density at radius 3 is 2.48 bits per heavy atom. The molecule has 3 aromatic carbocycles. The summed E-state index contributed by atoms with van der Waals surface area (Å²) in [6.45, 7) is 1.92. The van der Waals surface area contributed by atoms with Crippen LogP contribution < -0.4 is 14.4 Å². The van der Waals surface area contributed by atoms with Crippen LogP contribution in [0.1, 0.15) is 47.4 Å². The number of hydrogen-bond acceptors (Lipinski definition) is 5. The molecule has 2 aliphatic heterocycles. The van der Waals surface area contributed by atoms with E-state index in [0.29, 0.717) is 41.2 Å². The number of hydrogen-bond donors (Lipinski definition) is 2. The van der Waals surface area contributed by atoms with Crippen molar-refractivity contribution in [2.24, 2.45) is 0 Å². The summed E-state index contributed by atoms with van der Waals surface area (Å²) in [4.78, 5) is 14.8. The Morgan fingerprint density at radius 1 is 1.00 bits per heavy atom. The van der Waals surface area contributed by atoms with Crippen molar-refractivity contribution in [1.82, 2.24) is 0 Å². The lowest BCUT2D eigenvalue weighted by molar-refractivity contribution is -0.137. The maximum absolute atomic E-state index is 14.2. The Balaban J connectivity index is 1.66. The zero-order valence-electron chi connectivity index (χ0n) is 21.5. The maximum Gasteiger partial charge on any atom is 0.418 e. The smallest absolute Gasteiger partial charge is 0.418 e. The molecular weight excluding hydrogens is 521 g/mol. The van der Waals surface area contributed by atoms with E-state index in [1.807, 2.05) is 6.92 Å². The Morgan fingerprint density at radius 2 is 1.73 bits per heavy atom. The van der Waals surface area contributed by atoms with E-state index < -0.39 is 17.7 Å². The monoisotopic (exact) mass is 546 g/mol. The first kappa shape index (κ1) is 25.7. The minimum absolute atomic E-state index is 0.0332. The number of nitrogens with one attached hydrogen (secondary N) is 1. The third kappa shape index (κ3) is 4.22. The van der Waals surface area contributed by atoms with Gasteiger partial charge in [-0.1, -0.05) is 48.0 Å². The number of amidine groups is 1. The molecule has 1 atom stereocenters. The number of carbonyl (C=O) groups is 1. The van der Waals surface area contributed by atoms with Crippen molar-refractivity contribution < 1.29 is 32.5 Å². The van der Waals surface area contributed by atoms with Crippen molar-refractivity contribution in [2.75, 3.05) is 11.7 Å². The molecule has 0 spiro atoms. The number of benzene rings is 3. The normalized spacial score (nSPS) is 20.1. The van der Waals surface area contributed by atoms with Crippen LogP contribution in [-0.4, -0.2) is 23.5 Å². The number of anilines is 1. The highest BCUT2D eigenvalue weighted by Crippen LogP contribution is 2.50. The number of allylic oxidation sites excluding steroid dienone is 2. The third-order valence-electron chi connectivity index (χ3n) is 7.52. The highest BCUT2D eigenvalue weighted by Gasteiger charge is 2.45. The number of ether oxygens (including phenoxy) is 2. The zero-order valence-corrected chi connectivity index (χ0v) is 21.5. The summed E-state index contributed by atoms with van der Waals surface area (Å²) in [5, 5.41) is 21.0. The highest BCUT2D eigenvalue weighted by atomic mass is 19.4. The molecule has 2 N–H and O–H groups in total. The van der Waals surface area contributed by atoms with E-state index in [0.717, 1.165) is 11.6 Å². The molecule has 1 aliphatic carbocycles.